The molecule has 0 bridgehead atoms. The van der Waals surface area contributed by atoms with E-state index in [9.17, 15) is 9.59 Å². The van der Waals surface area contributed by atoms with Crippen LogP contribution in [-0.4, -0.2) is 23.8 Å². The molecule has 142 valence electrons. The number of rotatable bonds is 6. The van der Waals surface area contributed by atoms with Crippen LogP contribution >= 0.6 is 0 Å². The van der Waals surface area contributed by atoms with Gasteiger partial charge in [-0.1, -0.05) is 36.4 Å². The summed E-state index contributed by atoms with van der Waals surface area (Å²) in [5.41, 5.74) is 2.87. The predicted octanol–water partition coefficient (Wildman–Crippen LogP) is 3.93. The van der Waals surface area contributed by atoms with Crippen LogP contribution in [-0.2, 0) is 11.3 Å². The van der Waals surface area contributed by atoms with Gasteiger partial charge in [0, 0.05) is 38.1 Å². The molecule has 0 aliphatic heterocycles. The predicted molar refractivity (Wildman–Crippen MR) is 111 cm³/mol. The molecule has 1 aromatic heterocycles. The van der Waals surface area contributed by atoms with Gasteiger partial charge in [-0.05, 0) is 35.9 Å². The van der Waals surface area contributed by atoms with Gasteiger partial charge in [-0.3, -0.25) is 9.59 Å². The summed E-state index contributed by atoms with van der Waals surface area (Å²) in [5, 5.41) is 5.51. The van der Waals surface area contributed by atoms with Gasteiger partial charge in [-0.2, -0.15) is 0 Å². The highest BCUT2D eigenvalue weighted by molar-refractivity contribution is 6.04. The Hall–Kier alpha value is -3.67. The zero-order valence-electron chi connectivity index (χ0n) is 15.8. The Labute approximate surface area is 164 Å². The fourth-order valence-electron chi connectivity index (χ4n) is 2.77. The van der Waals surface area contributed by atoms with E-state index in [1.54, 1.807) is 36.5 Å². The molecule has 6 heteroatoms. The van der Waals surface area contributed by atoms with Crippen LogP contribution in [0.1, 0.15) is 22.8 Å². The van der Waals surface area contributed by atoms with Crippen molar-refractivity contribution in [2.45, 2.75) is 13.5 Å². The van der Waals surface area contributed by atoms with Gasteiger partial charge in [0.15, 0.2) is 0 Å². The second kappa shape index (κ2) is 8.81. The van der Waals surface area contributed by atoms with Crippen LogP contribution < -0.4 is 15.5 Å². The van der Waals surface area contributed by atoms with Crippen LogP contribution in [0.5, 0.6) is 0 Å². The third kappa shape index (κ3) is 5.17. The topological polar surface area (TPSA) is 74.3 Å². The van der Waals surface area contributed by atoms with Crippen LogP contribution in [0.25, 0.3) is 0 Å². The lowest BCUT2D eigenvalue weighted by atomic mass is 10.2. The minimum Gasteiger partial charge on any atom is -0.355 e. The number of anilines is 3. The van der Waals surface area contributed by atoms with Crippen molar-refractivity contribution in [1.82, 2.24) is 4.98 Å². The van der Waals surface area contributed by atoms with Crippen LogP contribution in [0.4, 0.5) is 17.2 Å². The number of benzene rings is 2. The second-order valence-electron chi connectivity index (χ2n) is 6.46. The van der Waals surface area contributed by atoms with Crippen LogP contribution in [0.15, 0.2) is 72.9 Å². The number of hydrogen-bond donors (Lipinski definition) is 2. The van der Waals surface area contributed by atoms with Gasteiger partial charge in [-0.25, -0.2) is 4.98 Å². The highest BCUT2D eigenvalue weighted by atomic mass is 16.2. The van der Waals surface area contributed by atoms with E-state index in [4.69, 9.17) is 0 Å². The smallest absolute Gasteiger partial charge is 0.257 e. The number of amides is 2. The number of aromatic nitrogens is 1. The zero-order valence-corrected chi connectivity index (χ0v) is 15.8. The summed E-state index contributed by atoms with van der Waals surface area (Å²) in [6.45, 7) is 2.17. The van der Waals surface area contributed by atoms with E-state index in [2.05, 4.69) is 27.8 Å². The van der Waals surface area contributed by atoms with Gasteiger partial charge in [0.25, 0.3) is 5.91 Å². The highest BCUT2D eigenvalue weighted by Crippen LogP contribution is 2.17. The molecule has 0 aliphatic carbocycles. The molecule has 3 rings (SSSR count). The number of carbonyl (C=O) groups is 2. The largest absolute Gasteiger partial charge is 0.355 e. The van der Waals surface area contributed by atoms with Gasteiger partial charge in [0.05, 0.1) is 5.56 Å². The third-order valence-corrected chi connectivity index (χ3v) is 4.10. The number of nitrogens with one attached hydrogen (secondary N) is 2. The van der Waals surface area contributed by atoms with E-state index in [1.165, 1.54) is 12.5 Å². The summed E-state index contributed by atoms with van der Waals surface area (Å²) in [6, 6.07) is 20.7. The van der Waals surface area contributed by atoms with E-state index >= 15 is 0 Å². The maximum Gasteiger partial charge on any atom is 0.257 e. The fraction of sp³-hybridized carbons (Fsp3) is 0.136. The molecule has 0 saturated carbocycles. The van der Waals surface area contributed by atoms with E-state index in [0.717, 1.165) is 12.4 Å². The number of hydrogen-bond acceptors (Lipinski definition) is 4. The first-order chi connectivity index (χ1) is 13.5. The fourth-order valence-corrected chi connectivity index (χ4v) is 2.77. The van der Waals surface area contributed by atoms with Crippen molar-refractivity contribution in [1.29, 1.82) is 0 Å². The number of carbonyl (C=O) groups excluding carboxylic acids is 2. The lowest BCUT2D eigenvalue weighted by Gasteiger charge is -2.18. The van der Waals surface area contributed by atoms with Crippen molar-refractivity contribution in [3.8, 4) is 0 Å². The zero-order chi connectivity index (χ0) is 19.9. The SMILES string of the molecule is CC(=O)Nc1cccc(NC(=O)c2ccc(N(C)Cc3ccccc3)nc2)c1. The summed E-state index contributed by atoms with van der Waals surface area (Å²) in [5.74, 6) is 0.362. The van der Waals surface area contributed by atoms with Gasteiger partial charge in [-0.15, -0.1) is 0 Å². The van der Waals surface area contributed by atoms with Crippen molar-refractivity contribution < 1.29 is 9.59 Å². The Kier molecular flexibility index (Phi) is 6.01. The van der Waals surface area contributed by atoms with E-state index in [1.807, 2.05) is 36.2 Å². The van der Waals surface area contributed by atoms with Crippen molar-refractivity contribution in [2.75, 3.05) is 22.6 Å². The van der Waals surface area contributed by atoms with Crippen LogP contribution in [0.2, 0.25) is 0 Å². The molecule has 3 aromatic rings. The monoisotopic (exact) mass is 374 g/mol. The molecular weight excluding hydrogens is 352 g/mol. The maximum atomic E-state index is 12.5. The number of nitrogens with zero attached hydrogens (tertiary/aromatic N) is 2. The molecular formula is C22H22N4O2. The molecule has 0 unspecified atom stereocenters. The maximum absolute atomic E-state index is 12.5. The van der Waals surface area contributed by atoms with Crippen LogP contribution in [0.3, 0.4) is 0 Å². The Morgan fingerprint density at radius 1 is 0.929 bits per heavy atom. The number of pyridine rings is 1. The Balaban J connectivity index is 1.64. The molecule has 0 atom stereocenters. The first kappa shape index (κ1) is 19.1. The van der Waals surface area contributed by atoms with Gasteiger partial charge in [0.2, 0.25) is 5.91 Å². The molecule has 0 spiro atoms. The molecule has 0 radical (unpaired) electrons. The average Bonchev–Trinajstić information content (AvgIpc) is 2.68. The summed E-state index contributed by atoms with van der Waals surface area (Å²) >= 11 is 0. The first-order valence-electron chi connectivity index (χ1n) is 8.91. The lowest BCUT2D eigenvalue weighted by Crippen LogP contribution is -2.18. The average molecular weight is 374 g/mol. The molecule has 6 nitrogen and oxygen atoms in total. The first-order valence-corrected chi connectivity index (χ1v) is 8.91. The molecule has 2 aromatic carbocycles. The molecule has 0 fully saturated rings. The van der Waals surface area contributed by atoms with E-state index < -0.39 is 0 Å². The van der Waals surface area contributed by atoms with Crippen molar-refractivity contribution >= 4 is 29.0 Å². The highest BCUT2D eigenvalue weighted by Gasteiger charge is 2.09. The van der Waals surface area contributed by atoms with Gasteiger partial charge in [0.1, 0.15) is 5.82 Å². The molecule has 2 N–H and O–H groups in total. The molecule has 28 heavy (non-hydrogen) atoms. The lowest BCUT2D eigenvalue weighted by molar-refractivity contribution is -0.114. The Morgan fingerprint density at radius 2 is 1.64 bits per heavy atom. The molecule has 0 saturated heterocycles. The van der Waals surface area contributed by atoms with Gasteiger partial charge >= 0.3 is 0 Å². The minimum atomic E-state index is -0.260. The summed E-state index contributed by atoms with van der Waals surface area (Å²) < 4.78 is 0. The van der Waals surface area contributed by atoms with Crippen molar-refractivity contribution in [3.05, 3.63) is 84.1 Å². The van der Waals surface area contributed by atoms with Crippen molar-refractivity contribution in [3.63, 3.8) is 0 Å². The third-order valence-electron chi connectivity index (χ3n) is 4.10. The Bertz CT molecular complexity index is 956. The molecule has 1 heterocycles. The van der Waals surface area contributed by atoms with Gasteiger partial charge < -0.3 is 15.5 Å². The van der Waals surface area contributed by atoms with Crippen molar-refractivity contribution in [2.24, 2.45) is 0 Å². The van der Waals surface area contributed by atoms with E-state index in [-0.39, 0.29) is 11.8 Å². The summed E-state index contributed by atoms with van der Waals surface area (Å²) in [4.78, 5) is 30.1. The summed E-state index contributed by atoms with van der Waals surface area (Å²) in [7, 11) is 1.96. The molecule has 0 aliphatic rings. The van der Waals surface area contributed by atoms with E-state index in [0.29, 0.717) is 16.9 Å². The Morgan fingerprint density at radius 3 is 2.29 bits per heavy atom. The standard InChI is InChI=1S/C22H22N4O2/c1-16(27)24-19-9-6-10-20(13-19)25-22(28)18-11-12-21(23-14-18)26(2)15-17-7-4-3-5-8-17/h3-14H,15H2,1-2H3,(H,24,27)(H,25,28). The molecule has 2 amide bonds. The normalized spacial score (nSPS) is 10.2. The summed E-state index contributed by atoms with van der Waals surface area (Å²) in [6.07, 6.45) is 1.56. The quantitative estimate of drug-likeness (QED) is 0.686. The minimum absolute atomic E-state index is 0.164. The second-order valence-corrected chi connectivity index (χ2v) is 6.46. The van der Waals surface area contributed by atoms with Crippen LogP contribution in [0, 0.1) is 0 Å².